The Labute approximate surface area is 71.2 Å². The summed E-state index contributed by atoms with van der Waals surface area (Å²) < 4.78 is 0. The highest BCUT2D eigenvalue weighted by molar-refractivity contribution is 6.30. The van der Waals surface area contributed by atoms with Crippen molar-refractivity contribution in [2.24, 2.45) is 5.73 Å². The number of halogens is 1. The number of hydrogen-bond acceptors (Lipinski definition) is 1. The van der Waals surface area contributed by atoms with Gasteiger partial charge in [-0.05, 0) is 36.2 Å². The van der Waals surface area contributed by atoms with E-state index in [1.54, 1.807) is 0 Å². The van der Waals surface area contributed by atoms with Crippen molar-refractivity contribution in [3.05, 3.63) is 34.3 Å². The zero-order valence-corrected chi connectivity index (χ0v) is 6.93. The van der Waals surface area contributed by atoms with Gasteiger partial charge in [0.25, 0.3) is 0 Å². The molecule has 1 atom stereocenters. The molecule has 1 aromatic rings. The van der Waals surface area contributed by atoms with Crippen LogP contribution in [0, 0.1) is 0 Å². The summed E-state index contributed by atoms with van der Waals surface area (Å²) in [6, 6.07) is 6.05. The smallest absolute Gasteiger partial charge is 0.0409 e. The number of fused-ring (bicyclic) bond motifs is 1. The molecule has 0 amide bonds. The number of nitrogens with two attached hydrogens (primary N) is 1. The van der Waals surface area contributed by atoms with Crippen LogP contribution in [0.5, 0.6) is 0 Å². The number of benzene rings is 1. The third-order valence-electron chi connectivity index (χ3n) is 2.30. The summed E-state index contributed by atoms with van der Waals surface area (Å²) >= 11 is 5.83. The molecular weight excluding hydrogens is 158 g/mol. The summed E-state index contributed by atoms with van der Waals surface area (Å²) in [5.41, 5.74) is 8.31. The molecule has 11 heavy (non-hydrogen) atoms. The van der Waals surface area contributed by atoms with Crippen molar-refractivity contribution in [2.75, 3.05) is 6.54 Å². The molecule has 0 aliphatic heterocycles. The summed E-state index contributed by atoms with van der Waals surface area (Å²) in [4.78, 5) is 0. The van der Waals surface area contributed by atoms with Gasteiger partial charge >= 0.3 is 0 Å². The molecule has 2 rings (SSSR count). The molecule has 2 N–H and O–H groups in total. The van der Waals surface area contributed by atoms with Crippen LogP contribution in [0.1, 0.15) is 17.0 Å². The molecular formula is C9H10ClN. The Balaban J connectivity index is 2.37. The van der Waals surface area contributed by atoms with Gasteiger partial charge in [-0.25, -0.2) is 0 Å². The second-order valence-electron chi connectivity index (χ2n) is 2.98. The minimum atomic E-state index is 0.559. The van der Waals surface area contributed by atoms with Crippen LogP contribution < -0.4 is 5.73 Å². The average Bonchev–Trinajstić information content (AvgIpc) is 1.97. The van der Waals surface area contributed by atoms with Crippen LogP contribution in [-0.2, 0) is 6.42 Å². The lowest BCUT2D eigenvalue weighted by Gasteiger charge is -2.28. The van der Waals surface area contributed by atoms with Crippen molar-refractivity contribution < 1.29 is 0 Å². The van der Waals surface area contributed by atoms with Crippen LogP contribution in [-0.4, -0.2) is 6.54 Å². The standard InChI is InChI=1S/C9H10ClN/c10-8-2-1-6-3-7(5-11)9(6)4-8/h1-2,4,7H,3,5,11H2. The van der Waals surface area contributed by atoms with Gasteiger partial charge in [0.05, 0.1) is 0 Å². The maximum atomic E-state index is 5.83. The average molecular weight is 168 g/mol. The van der Waals surface area contributed by atoms with Gasteiger partial charge in [0.2, 0.25) is 0 Å². The lowest BCUT2D eigenvalue weighted by Crippen LogP contribution is -2.24. The first-order chi connectivity index (χ1) is 5.31. The first-order valence-corrected chi connectivity index (χ1v) is 4.17. The molecule has 1 nitrogen and oxygen atoms in total. The van der Waals surface area contributed by atoms with Crippen LogP contribution in [0.15, 0.2) is 18.2 Å². The predicted octanol–water partition coefficient (Wildman–Crippen LogP) is 1.94. The van der Waals surface area contributed by atoms with E-state index in [2.05, 4.69) is 6.07 Å². The zero-order chi connectivity index (χ0) is 7.84. The molecule has 58 valence electrons. The molecule has 0 saturated carbocycles. The molecule has 0 spiro atoms. The summed E-state index contributed by atoms with van der Waals surface area (Å²) in [5, 5.41) is 0.821. The van der Waals surface area contributed by atoms with Gasteiger partial charge in [-0.2, -0.15) is 0 Å². The Morgan fingerprint density at radius 1 is 1.55 bits per heavy atom. The SMILES string of the molecule is NCC1Cc2ccc(Cl)cc21. The van der Waals surface area contributed by atoms with E-state index in [9.17, 15) is 0 Å². The maximum absolute atomic E-state index is 5.83. The monoisotopic (exact) mass is 167 g/mol. The third-order valence-corrected chi connectivity index (χ3v) is 2.53. The van der Waals surface area contributed by atoms with Crippen molar-refractivity contribution in [1.82, 2.24) is 0 Å². The number of rotatable bonds is 1. The van der Waals surface area contributed by atoms with Crippen molar-refractivity contribution in [3.63, 3.8) is 0 Å². The molecule has 1 aliphatic carbocycles. The largest absolute Gasteiger partial charge is 0.330 e. The minimum absolute atomic E-state index is 0.559. The van der Waals surface area contributed by atoms with Gasteiger partial charge in [0.15, 0.2) is 0 Å². The molecule has 0 bridgehead atoms. The highest BCUT2D eigenvalue weighted by Gasteiger charge is 2.24. The van der Waals surface area contributed by atoms with E-state index in [-0.39, 0.29) is 0 Å². The van der Waals surface area contributed by atoms with Gasteiger partial charge < -0.3 is 5.73 Å². The van der Waals surface area contributed by atoms with Gasteiger partial charge in [-0.15, -0.1) is 0 Å². The molecule has 1 aliphatic rings. The molecule has 0 fully saturated rings. The fourth-order valence-electron chi connectivity index (χ4n) is 1.59. The summed E-state index contributed by atoms with van der Waals surface area (Å²) in [5.74, 6) is 0.559. The van der Waals surface area contributed by atoms with Crippen LogP contribution >= 0.6 is 11.6 Å². The zero-order valence-electron chi connectivity index (χ0n) is 6.18. The van der Waals surface area contributed by atoms with Gasteiger partial charge in [0.1, 0.15) is 0 Å². The van der Waals surface area contributed by atoms with E-state index < -0.39 is 0 Å². The van der Waals surface area contributed by atoms with Crippen molar-refractivity contribution in [3.8, 4) is 0 Å². The Morgan fingerprint density at radius 3 is 3.09 bits per heavy atom. The van der Waals surface area contributed by atoms with Crippen molar-refractivity contribution in [2.45, 2.75) is 12.3 Å². The molecule has 1 unspecified atom stereocenters. The van der Waals surface area contributed by atoms with E-state index in [4.69, 9.17) is 17.3 Å². The Morgan fingerprint density at radius 2 is 2.36 bits per heavy atom. The fraction of sp³-hybridized carbons (Fsp3) is 0.333. The van der Waals surface area contributed by atoms with Crippen molar-refractivity contribution in [1.29, 1.82) is 0 Å². The Bertz CT molecular complexity index is 283. The fourth-order valence-corrected chi connectivity index (χ4v) is 1.77. The summed E-state index contributed by atoms with van der Waals surface area (Å²) in [6.07, 6.45) is 1.13. The number of hydrogen-bond donors (Lipinski definition) is 1. The molecule has 0 aromatic heterocycles. The van der Waals surface area contributed by atoms with Crippen LogP contribution in [0.3, 0.4) is 0 Å². The minimum Gasteiger partial charge on any atom is -0.330 e. The Kier molecular flexibility index (Phi) is 1.63. The Hall–Kier alpha value is -0.530. The van der Waals surface area contributed by atoms with Crippen LogP contribution in [0.4, 0.5) is 0 Å². The summed E-state index contributed by atoms with van der Waals surface area (Å²) in [7, 11) is 0. The highest BCUT2D eigenvalue weighted by atomic mass is 35.5. The molecule has 0 saturated heterocycles. The normalized spacial score (nSPS) is 20.7. The van der Waals surface area contributed by atoms with E-state index in [0.717, 1.165) is 18.0 Å². The van der Waals surface area contributed by atoms with Gasteiger partial charge in [-0.3, -0.25) is 0 Å². The van der Waals surface area contributed by atoms with E-state index in [0.29, 0.717) is 5.92 Å². The van der Waals surface area contributed by atoms with Crippen LogP contribution in [0.25, 0.3) is 0 Å². The highest BCUT2D eigenvalue weighted by Crippen LogP contribution is 2.35. The second kappa shape index (κ2) is 2.50. The van der Waals surface area contributed by atoms with Gasteiger partial charge in [-0.1, -0.05) is 17.7 Å². The quantitative estimate of drug-likeness (QED) is 0.680. The van der Waals surface area contributed by atoms with E-state index in [1.165, 1.54) is 11.1 Å². The third kappa shape index (κ3) is 1.05. The lowest BCUT2D eigenvalue weighted by atomic mass is 9.78. The van der Waals surface area contributed by atoms with E-state index in [1.807, 2.05) is 12.1 Å². The van der Waals surface area contributed by atoms with Crippen molar-refractivity contribution >= 4 is 11.6 Å². The molecule has 1 aromatic carbocycles. The molecule has 0 heterocycles. The van der Waals surface area contributed by atoms with Gasteiger partial charge in [0, 0.05) is 10.9 Å². The topological polar surface area (TPSA) is 26.0 Å². The molecule has 2 heteroatoms. The molecule has 0 radical (unpaired) electrons. The second-order valence-corrected chi connectivity index (χ2v) is 3.42. The summed E-state index contributed by atoms with van der Waals surface area (Å²) in [6.45, 7) is 0.743. The maximum Gasteiger partial charge on any atom is 0.0409 e. The predicted molar refractivity (Wildman–Crippen MR) is 47.0 cm³/mol. The van der Waals surface area contributed by atoms with E-state index >= 15 is 0 Å². The first kappa shape index (κ1) is 7.14. The van der Waals surface area contributed by atoms with Crippen LogP contribution in [0.2, 0.25) is 5.02 Å². The lowest BCUT2D eigenvalue weighted by molar-refractivity contribution is 0.618. The first-order valence-electron chi connectivity index (χ1n) is 3.79.